The van der Waals surface area contributed by atoms with E-state index in [-0.39, 0.29) is 18.4 Å². The molecule has 1 unspecified atom stereocenters. The molecule has 1 atom stereocenters. The zero-order chi connectivity index (χ0) is 15.5. The fraction of sp³-hybridized carbons (Fsp3) is 0.500. The van der Waals surface area contributed by atoms with Crippen LogP contribution in [0, 0.1) is 5.92 Å². The lowest BCUT2D eigenvalue weighted by Crippen LogP contribution is -2.29. The van der Waals surface area contributed by atoms with Crippen LogP contribution in [0.15, 0.2) is 29.2 Å². The Kier molecular flexibility index (Phi) is 5.16. The largest absolute Gasteiger partial charge is 0.398 e. The lowest BCUT2D eigenvalue weighted by atomic mass is 10.1. The predicted molar refractivity (Wildman–Crippen MR) is 77.2 cm³/mol. The Hall–Kier alpha value is -1.21. The fourth-order valence-electron chi connectivity index (χ4n) is 1.96. The maximum atomic E-state index is 12.3. The molecule has 116 valence electrons. The summed E-state index contributed by atoms with van der Waals surface area (Å²) >= 11 is 0.663. The molecule has 0 spiro atoms. The molecular formula is C14H17F3N2OS. The molecule has 2 rings (SSSR count). The molecule has 1 aromatic carbocycles. The molecular weight excluding hydrogens is 301 g/mol. The minimum atomic E-state index is -4.24. The normalized spacial score (nSPS) is 16.6. The minimum Gasteiger partial charge on any atom is -0.327 e. The topological polar surface area (TPSA) is 55.1 Å². The Morgan fingerprint density at radius 1 is 1.38 bits per heavy atom. The zero-order valence-corrected chi connectivity index (χ0v) is 12.1. The van der Waals surface area contributed by atoms with Crippen molar-refractivity contribution in [1.29, 1.82) is 0 Å². The smallest absolute Gasteiger partial charge is 0.327 e. The Balaban J connectivity index is 1.93. The number of rotatable bonds is 6. The van der Waals surface area contributed by atoms with Gasteiger partial charge in [0.05, 0.1) is 11.4 Å². The molecule has 0 bridgehead atoms. The number of hydrogen-bond donors (Lipinski definition) is 2. The van der Waals surface area contributed by atoms with Crippen molar-refractivity contribution in [2.45, 2.75) is 36.4 Å². The van der Waals surface area contributed by atoms with Crippen molar-refractivity contribution in [3.63, 3.8) is 0 Å². The first-order valence-electron chi connectivity index (χ1n) is 6.69. The van der Waals surface area contributed by atoms with E-state index in [1.807, 2.05) is 0 Å². The number of nitrogens with one attached hydrogen (secondary N) is 1. The van der Waals surface area contributed by atoms with Crippen molar-refractivity contribution in [3.8, 4) is 0 Å². The number of hydrogen-bond acceptors (Lipinski definition) is 3. The number of carbonyl (C=O) groups is 1. The molecule has 0 aromatic heterocycles. The number of carbonyl (C=O) groups excluding carboxylic acids is 1. The van der Waals surface area contributed by atoms with Gasteiger partial charge in [0.1, 0.15) is 0 Å². The lowest BCUT2D eigenvalue weighted by Gasteiger charge is -2.14. The van der Waals surface area contributed by atoms with Crippen molar-refractivity contribution in [2.75, 3.05) is 11.1 Å². The lowest BCUT2D eigenvalue weighted by molar-refractivity contribution is -0.116. The third-order valence-electron chi connectivity index (χ3n) is 3.20. The molecule has 1 aliphatic rings. The van der Waals surface area contributed by atoms with Crippen molar-refractivity contribution in [2.24, 2.45) is 11.7 Å². The third-order valence-corrected chi connectivity index (χ3v) is 4.34. The summed E-state index contributed by atoms with van der Waals surface area (Å²) < 4.78 is 36.8. The van der Waals surface area contributed by atoms with Crippen LogP contribution < -0.4 is 11.1 Å². The third kappa shape index (κ3) is 5.59. The number of thioether (sulfide) groups is 1. The SMILES string of the molecule is NC(CC(=O)Nc1ccccc1SCC(F)(F)F)C1CC1. The van der Waals surface area contributed by atoms with Gasteiger partial charge in [-0.3, -0.25) is 4.79 Å². The van der Waals surface area contributed by atoms with E-state index in [1.54, 1.807) is 24.3 Å². The summed E-state index contributed by atoms with van der Waals surface area (Å²) in [6, 6.07) is 6.31. The number of halogens is 3. The molecule has 7 heteroatoms. The predicted octanol–water partition coefficient (Wildman–Crippen LogP) is 3.41. The van der Waals surface area contributed by atoms with Crippen LogP contribution in [0.1, 0.15) is 19.3 Å². The maximum Gasteiger partial charge on any atom is 0.398 e. The van der Waals surface area contributed by atoms with Crippen molar-refractivity contribution in [3.05, 3.63) is 24.3 Å². The van der Waals surface area contributed by atoms with E-state index in [0.29, 0.717) is 28.3 Å². The van der Waals surface area contributed by atoms with E-state index in [0.717, 1.165) is 12.8 Å². The quantitative estimate of drug-likeness (QED) is 0.790. The monoisotopic (exact) mass is 318 g/mol. The highest BCUT2D eigenvalue weighted by molar-refractivity contribution is 7.99. The van der Waals surface area contributed by atoms with Gasteiger partial charge < -0.3 is 11.1 Å². The second-order valence-corrected chi connectivity index (χ2v) is 6.17. The van der Waals surface area contributed by atoms with Crippen LogP contribution in [0.5, 0.6) is 0 Å². The van der Waals surface area contributed by atoms with Gasteiger partial charge in [0, 0.05) is 17.4 Å². The molecule has 1 aliphatic carbocycles. The number of anilines is 1. The number of benzene rings is 1. The Morgan fingerprint density at radius 2 is 2.05 bits per heavy atom. The fourth-order valence-corrected chi connectivity index (χ4v) is 2.73. The molecule has 3 nitrogen and oxygen atoms in total. The molecule has 21 heavy (non-hydrogen) atoms. The second-order valence-electron chi connectivity index (χ2n) is 5.15. The summed E-state index contributed by atoms with van der Waals surface area (Å²) in [7, 11) is 0. The van der Waals surface area contributed by atoms with Crippen LogP contribution in [-0.2, 0) is 4.79 Å². The standard InChI is InChI=1S/C14H17F3N2OS/c15-14(16,17)8-21-12-4-2-1-3-11(12)19-13(20)7-10(18)9-5-6-9/h1-4,9-10H,5-8,18H2,(H,19,20). The molecule has 0 heterocycles. The molecule has 0 aliphatic heterocycles. The van der Waals surface area contributed by atoms with Gasteiger partial charge in [0.25, 0.3) is 0 Å². The van der Waals surface area contributed by atoms with Crippen molar-refractivity contribution in [1.82, 2.24) is 0 Å². The molecule has 0 radical (unpaired) electrons. The molecule has 1 fully saturated rings. The highest BCUT2D eigenvalue weighted by atomic mass is 32.2. The Labute approximate surface area is 125 Å². The van der Waals surface area contributed by atoms with Gasteiger partial charge in [-0.25, -0.2) is 0 Å². The zero-order valence-electron chi connectivity index (χ0n) is 11.3. The first-order valence-corrected chi connectivity index (χ1v) is 7.68. The van der Waals surface area contributed by atoms with Gasteiger partial charge >= 0.3 is 6.18 Å². The van der Waals surface area contributed by atoms with Crippen LogP contribution in [0.25, 0.3) is 0 Å². The first-order chi connectivity index (χ1) is 9.85. The summed E-state index contributed by atoms with van der Waals surface area (Å²) in [5.41, 5.74) is 6.28. The number of alkyl halides is 3. The van der Waals surface area contributed by atoms with Crippen LogP contribution >= 0.6 is 11.8 Å². The summed E-state index contributed by atoms with van der Waals surface area (Å²) in [5.74, 6) is -0.832. The minimum absolute atomic E-state index is 0.167. The van der Waals surface area contributed by atoms with Gasteiger partial charge in [-0.05, 0) is 30.9 Å². The molecule has 0 saturated heterocycles. The van der Waals surface area contributed by atoms with Gasteiger partial charge in [-0.15, -0.1) is 11.8 Å². The Bertz CT molecular complexity index is 503. The summed E-state index contributed by atoms with van der Waals surface area (Å²) in [5, 5.41) is 2.65. The second kappa shape index (κ2) is 6.70. The van der Waals surface area contributed by atoms with Crippen LogP contribution in [0.4, 0.5) is 18.9 Å². The molecule has 1 saturated carbocycles. The summed E-state index contributed by atoms with van der Waals surface area (Å²) in [6.45, 7) is 0. The van der Waals surface area contributed by atoms with Gasteiger partial charge in [0.15, 0.2) is 0 Å². The van der Waals surface area contributed by atoms with E-state index in [2.05, 4.69) is 5.32 Å². The molecule has 3 N–H and O–H groups in total. The number of para-hydroxylation sites is 1. The van der Waals surface area contributed by atoms with Gasteiger partial charge in [0.2, 0.25) is 5.91 Å². The highest BCUT2D eigenvalue weighted by Crippen LogP contribution is 2.34. The van der Waals surface area contributed by atoms with E-state index < -0.39 is 11.9 Å². The maximum absolute atomic E-state index is 12.3. The van der Waals surface area contributed by atoms with Gasteiger partial charge in [-0.1, -0.05) is 12.1 Å². The average molecular weight is 318 g/mol. The average Bonchev–Trinajstić information content (AvgIpc) is 3.20. The first kappa shape index (κ1) is 16.2. The summed E-state index contributed by atoms with van der Waals surface area (Å²) in [4.78, 5) is 12.3. The molecule has 1 aromatic rings. The Morgan fingerprint density at radius 3 is 2.67 bits per heavy atom. The van der Waals surface area contributed by atoms with E-state index >= 15 is 0 Å². The van der Waals surface area contributed by atoms with Crippen LogP contribution in [0.3, 0.4) is 0 Å². The van der Waals surface area contributed by atoms with Crippen molar-refractivity contribution < 1.29 is 18.0 Å². The van der Waals surface area contributed by atoms with Crippen LogP contribution in [-0.4, -0.2) is 23.9 Å². The summed E-state index contributed by atoms with van der Waals surface area (Å²) in [6.07, 6.45) is -1.95. The van der Waals surface area contributed by atoms with E-state index in [1.165, 1.54) is 0 Å². The van der Waals surface area contributed by atoms with Gasteiger partial charge in [-0.2, -0.15) is 13.2 Å². The molecule has 1 amide bonds. The van der Waals surface area contributed by atoms with Crippen molar-refractivity contribution >= 4 is 23.4 Å². The number of nitrogens with two attached hydrogens (primary N) is 1. The van der Waals surface area contributed by atoms with E-state index in [9.17, 15) is 18.0 Å². The number of amides is 1. The van der Waals surface area contributed by atoms with E-state index in [4.69, 9.17) is 5.73 Å². The highest BCUT2D eigenvalue weighted by Gasteiger charge is 2.30. The van der Waals surface area contributed by atoms with Crippen LogP contribution in [0.2, 0.25) is 0 Å².